The minimum absolute atomic E-state index is 0.0794. The Morgan fingerprint density at radius 1 is 1.22 bits per heavy atom. The number of allylic oxidation sites excluding steroid dienone is 1. The predicted octanol–water partition coefficient (Wildman–Crippen LogP) is 3.65. The number of nitrogens with two attached hydrogens (primary N) is 1. The molecule has 0 aliphatic carbocycles. The van der Waals surface area contributed by atoms with Crippen molar-refractivity contribution in [2.75, 3.05) is 6.54 Å². The molecule has 0 bridgehead atoms. The van der Waals surface area contributed by atoms with Gasteiger partial charge in [-0.15, -0.1) is 0 Å². The molecule has 3 heteroatoms. The maximum absolute atomic E-state index is 11.6. The third-order valence-electron chi connectivity index (χ3n) is 2.97. The summed E-state index contributed by atoms with van der Waals surface area (Å²) in [4.78, 5) is 11.6. The van der Waals surface area contributed by atoms with Crippen molar-refractivity contribution >= 4 is 5.91 Å². The zero-order valence-corrected chi connectivity index (χ0v) is 12.3. The summed E-state index contributed by atoms with van der Waals surface area (Å²) in [6, 6.07) is 0. The molecule has 0 aliphatic heterocycles. The van der Waals surface area contributed by atoms with Crippen LogP contribution in [0.4, 0.5) is 0 Å². The Labute approximate surface area is 112 Å². The van der Waals surface area contributed by atoms with Gasteiger partial charge in [-0.1, -0.05) is 52.5 Å². The number of carbonyl (C=O) groups excluding carboxylic acids is 1. The van der Waals surface area contributed by atoms with Crippen LogP contribution in [0.2, 0.25) is 0 Å². The van der Waals surface area contributed by atoms with Crippen molar-refractivity contribution in [3.8, 4) is 0 Å². The Morgan fingerprint density at radius 2 is 1.89 bits per heavy atom. The Hall–Kier alpha value is -0.830. The van der Waals surface area contributed by atoms with Crippen LogP contribution in [0.3, 0.4) is 0 Å². The molecule has 0 rings (SSSR count). The summed E-state index contributed by atoms with van der Waals surface area (Å²) in [6.45, 7) is 7.11. The lowest BCUT2D eigenvalue weighted by molar-refractivity contribution is -0.126. The molecule has 0 fully saturated rings. The van der Waals surface area contributed by atoms with Gasteiger partial charge in [-0.05, 0) is 25.2 Å². The Bertz CT molecular complexity index is 237. The molecule has 3 nitrogen and oxygen atoms in total. The van der Waals surface area contributed by atoms with Gasteiger partial charge in [0.25, 0.3) is 5.91 Å². The van der Waals surface area contributed by atoms with E-state index in [0.29, 0.717) is 12.5 Å². The molecule has 0 aromatic carbocycles. The Balaban J connectivity index is 3.60. The zero-order chi connectivity index (χ0) is 13.8. The zero-order valence-electron chi connectivity index (χ0n) is 12.3. The van der Waals surface area contributed by atoms with Crippen molar-refractivity contribution in [3.05, 3.63) is 12.2 Å². The SMILES string of the molecule is CCCCCCC/C=C/C(=O)N(N)CCC(C)C. The van der Waals surface area contributed by atoms with Gasteiger partial charge >= 0.3 is 0 Å². The van der Waals surface area contributed by atoms with Gasteiger partial charge in [0.05, 0.1) is 0 Å². The molecule has 2 N–H and O–H groups in total. The third kappa shape index (κ3) is 10.3. The van der Waals surface area contributed by atoms with E-state index >= 15 is 0 Å². The number of rotatable bonds is 10. The van der Waals surface area contributed by atoms with Gasteiger partial charge < -0.3 is 0 Å². The molecule has 0 aromatic heterocycles. The van der Waals surface area contributed by atoms with Crippen LogP contribution in [0.5, 0.6) is 0 Å². The van der Waals surface area contributed by atoms with E-state index < -0.39 is 0 Å². The van der Waals surface area contributed by atoms with Crippen LogP contribution in [0.25, 0.3) is 0 Å². The summed E-state index contributed by atoms with van der Waals surface area (Å²) < 4.78 is 0. The van der Waals surface area contributed by atoms with E-state index in [9.17, 15) is 4.79 Å². The smallest absolute Gasteiger partial charge is 0.260 e. The fourth-order valence-corrected chi connectivity index (χ4v) is 1.65. The number of hydrazine groups is 1. The summed E-state index contributed by atoms with van der Waals surface area (Å²) in [5, 5.41) is 1.31. The first-order chi connectivity index (χ1) is 8.57. The standard InChI is InChI=1S/C15H30N2O/c1-4-5-6-7-8-9-10-11-15(18)17(16)13-12-14(2)3/h10-11,14H,4-9,12-13,16H2,1-3H3/b11-10+. The molecule has 106 valence electrons. The lowest BCUT2D eigenvalue weighted by atomic mass is 10.1. The molecule has 0 unspecified atom stereocenters. The highest BCUT2D eigenvalue weighted by molar-refractivity contribution is 5.86. The van der Waals surface area contributed by atoms with E-state index in [0.717, 1.165) is 12.8 Å². The fraction of sp³-hybridized carbons (Fsp3) is 0.800. The van der Waals surface area contributed by atoms with E-state index in [4.69, 9.17) is 5.84 Å². The van der Waals surface area contributed by atoms with E-state index in [1.165, 1.54) is 37.1 Å². The van der Waals surface area contributed by atoms with Gasteiger partial charge in [-0.2, -0.15) is 0 Å². The summed E-state index contributed by atoms with van der Waals surface area (Å²) in [5.74, 6) is 6.17. The van der Waals surface area contributed by atoms with Gasteiger partial charge in [0.15, 0.2) is 0 Å². The lowest BCUT2D eigenvalue weighted by Crippen LogP contribution is -2.37. The minimum Gasteiger partial charge on any atom is -0.277 e. The third-order valence-corrected chi connectivity index (χ3v) is 2.97. The van der Waals surface area contributed by atoms with Gasteiger partial charge in [-0.25, -0.2) is 5.84 Å². The van der Waals surface area contributed by atoms with E-state index in [1.54, 1.807) is 6.08 Å². The largest absolute Gasteiger partial charge is 0.277 e. The summed E-state index contributed by atoms with van der Waals surface area (Å²) in [6.07, 6.45) is 11.8. The Kier molecular flexibility index (Phi) is 10.8. The van der Waals surface area contributed by atoms with Crippen molar-refractivity contribution in [2.24, 2.45) is 11.8 Å². The molecule has 0 atom stereocenters. The van der Waals surface area contributed by atoms with Crippen LogP contribution in [-0.4, -0.2) is 17.5 Å². The summed E-state index contributed by atoms with van der Waals surface area (Å²) >= 11 is 0. The number of nitrogens with zero attached hydrogens (tertiary/aromatic N) is 1. The van der Waals surface area contributed by atoms with Crippen molar-refractivity contribution < 1.29 is 4.79 Å². The van der Waals surface area contributed by atoms with Crippen LogP contribution >= 0.6 is 0 Å². The fourth-order valence-electron chi connectivity index (χ4n) is 1.65. The molecule has 0 spiro atoms. The summed E-state index contributed by atoms with van der Waals surface area (Å²) in [5.41, 5.74) is 0. The first-order valence-electron chi connectivity index (χ1n) is 7.30. The molecule has 0 saturated carbocycles. The molecule has 0 radical (unpaired) electrons. The highest BCUT2D eigenvalue weighted by Gasteiger charge is 2.05. The second-order valence-electron chi connectivity index (χ2n) is 5.32. The Morgan fingerprint density at radius 3 is 2.50 bits per heavy atom. The van der Waals surface area contributed by atoms with Crippen molar-refractivity contribution in [1.29, 1.82) is 0 Å². The van der Waals surface area contributed by atoms with Gasteiger partial charge in [0.2, 0.25) is 0 Å². The molecule has 0 aliphatic rings. The maximum atomic E-state index is 11.6. The van der Waals surface area contributed by atoms with Crippen LogP contribution in [0.15, 0.2) is 12.2 Å². The summed E-state index contributed by atoms with van der Waals surface area (Å²) in [7, 11) is 0. The second kappa shape index (κ2) is 11.3. The van der Waals surface area contributed by atoms with Crippen LogP contribution in [-0.2, 0) is 4.79 Å². The van der Waals surface area contributed by atoms with Gasteiger partial charge in [0, 0.05) is 12.6 Å². The molecular formula is C15H30N2O. The molecule has 0 heterocycles. The quantitative estimate of drug-likeness (QED) is 0.213. The van der Waals surface area contributed by atoms with E-state index in [2.05, 4.69) is 20.8 Å². The number of carbonyl (C=O) groups is 1. The maximum Gasteiger partial charge on any atom is 0.260 e. The number of hydrogen-bond acceptors (Lipinski definition) is 2. The number of amides is 1. The monoisotopic (exact) mass is 254 g/mol. The average molecular weight is 254 g/mol. The topological polar surface area (TPSA) is 46.3 Å². The highest BCUT2D eigenvalue weighted by Crippen LogP contribution is 2.05. The number of hydrogen-bond donors (Lipinski definition) is 1. The minimum atomic E-state index is -0.0794. The molecule has 1 amide bonds. The van der Waals surface area contributed by atoms with Crippen molar-refractivity contribution in [2.45, 2.75) is 65.7 Å². The van der Waals surface area contributed by atoms with Crippen molar-refractivity contribution in [1.82, 2.24) is 5.01 Å². The predicted molar refractivity (Wildman–Crippen MR) is 77.9 cm³/mol. The first kappa shape index (κ1) is 17.2. The lowest BCUT2D eigenvalue weighted by Gasteiger charge is -2.15. The molecular weight excluding hydrogens is 224 g/mol. The normalized spacial score (nSPS) is 11.4. The molecule has 18 heavy (non-hydrogen) atoms. The van der Waals surface area contributed by atoms with Crippen LogP contribution in [0.1, 0.15) is 65.7 Å². The average Bonchev–Trinajstić information content (AvgIpc) is 2.34. The van der Waals surface area contributed by atoms with Crippen molar-refractivity contribution in [3.63, 3.8) is 0 Å². The number of unbranched alkanes of at least 4 members (excludes halogenated alkanes) is 5. The van der Waals surface area contributed by atoms with Crippen LogP contribution in [0, 0.1) is 5.92 Å². The van der Waals surface area contributed by atoms with Gasteiger partial charge in [-0.3, -0.25) is 9.80 Å². The van der Waals surface area contributed by atoms with Gasteiger partial charge in [0.1, 0.15) is 0 Å². The van der Waals surface area contributed by atoms with E-state index in [-0.39, 0.29) is 5.91 Å². The van der Waals surface area contributed by atoms with E-state index in [1.807, 2.05) is 6.08 Å². The molecule has 0 saturated heterocycles. The molecule has 0 aromatic rings. The second-order valence-corrected chi connectivity index (χ2v) is 5.32. The highest BCUT2D eigenvalue weighted by atomic mass is 16.2. The first-order valence-corrected chi connectivity index (χ1v) is 7.30. The van der Waals surface area contributed by atoms with Crippen LogP contribution < -0.4 is 5.84 Å².